The van der Waals surface area contributed by atoms with Crippen molar-refractivity contribution >= 4 is 11.8 Å². The van der Waals surface area contributed by atoms with Gasteiger partial charge < -0.3 is 19.8 Å². The van der Waals surface area contributed by atoms with Gasteiger partial charge in [-0.3, -0.25) is 9.59 Å². The minimum atomic E-state index is -0.701. The molecule has 1 unspecified atom stereocenters. The van der Waals surface area contributed by atoms with Crippen molar-refractivity contribution in [3.05, 3.63) is 12.2 Å². The molecule has 1 heterocycles. The van der Waals surface area contributed by atoms with Crippen LogP contribution in [0.25, 0.3) is 0 Å². The van der Waals surface area contributed by atoms with Crippen molar-refractivity contribution in [2.24, 2.45) is 0 Å². The van der Waals surface area contributed by atoms with Crippen molar-refractivity contribution in [3.63, 3.8) is 0 Å². The van der Waals surface area contributed by atoms with Gasteiger partial charge in [0.15, 0.2) is 0 Å². The lowest BCUT2D eigenvalue weighted by molar-refractivity contribution is -0.129. The van der Waals surface area contributed by atoms with Gasteiger partial charge in [0.2, 0.25) is 11.8 Å². The van der Waals surface area contributed by atoms with Gasteiger partial charge in [0.25, 0.3) is 0 Å². The van der Waals surface area contributed by atoms with Crippen molar-refractivity contribution in [2.75, 3.05) is 47.3 Å². The van der Waals surface area contributed by atoms with Gasteiger partial charge >= 0.3 is 0 Å². The summed E-state index contributed by atoms with van der Waals surface area (Å²) >= 11 is 0. The lowest BCUT2D eigenvalue weighted by Gasteiger charge is -2.24. The van der Waals surface area contributed by atoms with Crippen LogP contribution >= 0.6 is 0 Å². The number of rotatable bonds is 7. The van der Waals surface area contributed by atoms with Crippen LogP contribution in [0.4, 0.5) is 0 Å². The maximum atomic E-state index is 11.8. The van der Waals surface area contributed by atoms with Crippen molar-refractivity contribution in [1.29, 1.82) is 0 Å². The smallest absolute Gasteiger partial charge is 0.246 e. The predicted molar refractivity (Wildman–Crippen MR) is 77.2 cm³/mol. The summed E-state index contributed by atoms with van der Waals surface area (Å²) < 4.78 is 0. The molecule has 1 N–H and O–H groups in total. The Labute approximate surface area is 120 Å². The molecule has 0 bridgehead atoms. The highest BCUT2D eigenvalue weighted by Crippen LogP contribution is 2.10. The molecule has 0 saturated carbocycles. The topological polar surface area (TPSA) is 64.1 Å². The van der Waals surface area contributed by atoms with E-state index in [0.717, 1.165) is 6.42 Å². The summed E-state index contributed by atoms with van der Waals surface area (Å²) in [6.07, 6.45) is 4.01. The summed E-state index contributed by atoms with van der Waals surface area (Å²) in [7, 11) is 5.50. The number of nitrogens with zero attached hydrogens (tertiary/aromatic N) is 3. The van der Waals surface area contributed by atoms with Crippen LogP contribution in [0.5, 0.6) is 0 Å². The molecule has 2 amide bonds. The standard InChI is InChI=1S/C14H25N3O3/c1-15(2)8-4-6-13(19)16(3)10-12(18)11-17-9-5-7-14(17)20/h4,6,12,18H,5,7-11H2,1-3H3/b6-4+. The highest BCUT2D eigenvalue weighted by Gasteiger charge is 2.23. The third-order valence-corrected chi connectivity index (χ3v) is 3.19. The zero-order chi connectivity index (χ0) is 15.1. The SMILES string of the molecule is CN(C)C/C=C/C(=O)N(C)CC(O)CN1CCCC1=O. The average Bonchev–Trinajstić information content (AvgIpc) is 2.74. The number of aliphatic hydroxyl groups excluding tert-OH is 1. The Hall–Kier alpha value is -1.40. The van der Waals surface area contributed by atoms with E-state index in [-0.39, 0.29) is 18.4 Å². The monoisotopic (exact) mass is 283 g/mol. The molecule has 0 aromatic carbocycles. The minimum absolute atomic E-state index is 0.0870. The van der Waals surface area contributed by atoms with Crippen LogP contribution in [0.15, 0.2) is 12.2 Å². The third kappa shape index (κ3) is 5.71. The number of hydrogen-bond acceptors (Lipinski definition) is 4. The Balaban J connectivity index is 2.33. The Morgan fingerprint density at radius 1 is 1.45 bits per heavy atom. The van der Waals surface area contributed by atoms with Gasteiger partial charge in [0, 0.05) is 45.7 Å². The van der Waals surface area contributed by atoms with Gasteiger partial charge in [0.1, 0.15) is 0 Å². The van der Waals surface area contributed by atoms with Crippen LogP contribution < -0.4 is 0 Å². The maximum absolute atomic E-state index is 11.8. The molecule has 20 heavy (non-hydrogen) atoms. The number of likely N-dealkylation sites (tertiary alicyclic amines) is 1. The molecule has 6 nitrogen and oxygen atoms in total. The quantitative estimate of drug-likeness (QED) is 0.643. The highest BCUT2D eigenvalue weighted by atomic mass is 16.3. The molecule has 1 fully saturated rings. The summed E-state index contributed by atoms with van der Waals surface area (Å²) in [5.41, 5.74) is 0. The van der Waals surface area contributed by atoms with E-state index in [1.54, 1.807) is 18.0 Å². The fourth-order valence-corrected chi connectivity index (χ4v) is 2.11. The predicted octanol–water partition coefficient (Wildman–Crippen LogP) is -0.454. The summed E-state index contributed by atoms with van der Waals surface area (Å²) in [6.45, 7) is 1.94. The Morgan fingerprint density at radius 3 is 2.70 bits per heavy atom. The molecule has 1 aliphatic rings. The second-order valence-corrected chi connectivity index (χ2v) is 5.48. The van der Waals surface area contributed by atoms with E-state index in [1.807, 2.05) is 19.0 Å². The first-order valence-corrected chi connectivity index (χ1v) is 6.92. The van der Waals surface area contributed by atoms with Gasteiger partial charge in [-0.2, -0.15) is 0 Å². The van der Waals surface area contributed by atoms with E-state index in [0.29, 0.717) is 26.1 Å². The van der Waals surface area contributed by atoms with E-state index < -0.39 is 6.10 Å². The van der Waals surface area contributed by atoms with Crippen LogP contribution in [-0.2, 0) is 9.59 Å². The number of carbonyl (C=O) groups is 2. The zero-order valence-corrected chi connectivity index (χ0v) is 12.6. The van der Waals surface area contributed by atoms with Crippen LogP contribution in [0.2, 0.25) is 0 Å². The summed E-state index contributed by atoms with van der Waals surface area (Å²) in [4.78, 5) is 28.3. The third-order valence-electron chi connectivity index (χ3n) is 3.19. The second kappa shape index (κ2) is 8.01. The second-order valence-electron chi connectivity index (χ2n) is 5.48. The molecule has 0 aliphatic carbocycles. The van der Waals surface area contributed by atoms with Gasteiger partial charge in [-0.05, 0) is 20.5 Å². The molecule has 1 saturated heterocycles. The largest absolute Gasteiger partial charge is 0.389 e. The van der Waals surface area contributed by atoms with Crippen molar-refractivity contribution in [2.45, 2.75) is 18.9 Å². The number of carbonyl (C=O) groups excluding carboxylic acids is 2. The van der Waals surface area contributed by atoms with Crippen molar-refractivity contribution in [3.8, 4) is 0 Å². The van der Waals surface area contributed by atoms with E-state index in [1.165, 1.54) is 11.0 Å². The number of hydrogen-bond donors (Lipinski definition) is 1. The lowest BCUT2D eigenvalue weighted by Crippen LogP contribution is -2.41. The Bertz CT molecular complexity index is 369. The number of β-amino-alcohol motifs (C(OH)–C–C–N with tert-alkyl or cyclic N) is 1. The number of aliphatic hydroxyl groups is 1. The molecule has 0 aromatic heterocycles. The first kappa shape index (κ1) is 16.7. The average molecular weight is 283 g/mol. The van der Waals surface area contributed by atoms with Gasteiger partial charge in [-0.1, -0.05) is 6.08 Å². The summed E-state index contributed by atoms with van der Waals surface area (Å²) in [5, 5.41) is 9.94. The van der Waals surface area contributed by atoms with Gasteiger partial charge in [-0.25, -0.2) is 0 Å². The number of likely N-dealkylation sites (N-methyl/N-ethyl adjacent to an activating group) is 2. The molecular weight excluding hydrogens is 258 g/mol. The highest BCUT2D eigenvalue weighted by molar-refractivity contribution is 5.87. The molecular formula is C14H25N3O3. The fourth-order valence-electron chi connectivity index (χ4n) is 2.11. The van der Waals surface area contributed by atoms with Gasteiger partial charge in [-0.15, -0.1) is 0 Å². The number of amides is 2. The van der Waals surface area contributed by atoms with Gasteiger partial charge in [0.05, 0.1) is 6.10 Å². The van der Waals surface area contributed by atoms with E-state index in [2.05, 4.69) is 0 Å². The molecule has 0 aromatic rings. The minimum Gasteiger partial charge on any atom is -0.389 e. The molecule has 1 atom stereocenters. The normalized spacial score (nSPS) is 17.2. The zero-order valence-electron chi connectivity index (χ0n) is 12.6. The first-order chi connectivity index (χ1) is 9.40. The summed E-state index contributed by atoms with van der Waals surface area (Å²) in [6, 6.07) is 0. The Kier molecular flexibility index (Phi) is 6.67. The van der Waals surface area contributed by atoms with E-state index in [9.17, 15) is 14.7 Å². The molecule has 1 aliphatic heterocycles. The molecule has 0 radical (unpaired) electrons. The summed E-state index contributed by atoms with van der Waals surface area (Å²) in [5.74, 6) is -0.0532. The van der Waals surface area contributed by atoms with Crippen LogP contribution in [0.1, 0.15) is 12.8 Å². The van der Waals surface area contributed by atoms with Crippen LogP contribution in [0.3, 0.4) is 0 Å². The molecule has 0 spiro atoms. The molecule has 1 rings (SSSR count). The maximum Gasteiger partial charge on any atom is 0.246 e. The van der Waals surface area contributed by atoms with Crippen LogP contribution in [-0.4, -0.2) is 85.0 Å². The molecule has 6 heteroatoms. The molecule has 114 valence electrons. The first-order valence-electron chi connectivity index (χ1n) is 6.92. The van der Waals surface area contributed by atoms with E-state index in [4.69, 9.17) is 0 Å². The fraction of sp³-hybridized carbons (Fsp3) is 0.714. The Morgan fingerprint density at radius 2 is 2.15 bits per heavy atom. The lowest BCUT2D eigenvalue weighted by atomic mass is 10.3. The van der Waals surface area contributed by atoms with E-state index >= 15 is 0 Å². The van der Waals surface area contributed by atoms with Crippen molar-refractivity contribution < 1.29 is 14.7 Å². The van der Waals surface area contributed by atoms with Crippen molar-refractivity contribution in [1.82, 2.24) is 14.7 Å². The van der Waals surface area contributed by atoms with Crippen LogP contribution in [0, 0.1) is 0 Å².